The quantitative estimate of drug-likeness (QED) is 0.555. The summed E-state index contributed by atoms with van der Waals surface area (Å²) >= 11 is 0. The molecular weight excluding hydrogens is 449 g/mol. The van der Waals surface area contributed by atoms with E-state index in [4.69, 9.17) is 9.88 Å². The second-order valence-corrected chi connectivity index (χ2v) is 10.6. The van der Waals surface area contributed by atoms with E-state index in [2.05, 4.69) is 46.3 Å². The molecule has 12 heteroatoms. The zero-order chi connectivity index (χ0) is 23.8. The van der Waals surface area contributed by atoms with Gasteiger partial charge in [0.1, 0.15) is 18.2 Å². The molecule has 0 aliphatic heterocycles. The molecule has 1 aromatic carbocycles. The van der Waals surface area contributed by atoms with E-state index >= 15 is 0 Å². The number of ether oxygens (including phenoxy) is 1. The van der Waals surface area contributed by atoms with Gasteiger partial charge in [-0.25, -0.2) is 27.9 Å². The molecule has 0 amide bonds. The molecule has 0 spiro atoms. The number of hydrogen-bond acceptors (Lipinski definition) is 8. The molecule has 0 bridgehead atoms. The Bertz CT molecular complexity index is 1240. The van der Waals surface area contributed by atoms with Gasteiger partial charge in [0.25, 0.3) is 0 Å². The molecular formula is C21H26FN7O3S. The summed E-state index contributed by atoms with van der Waals surface area (Å²) in [6.45, 7) is 6.19. The second-order valence-electron chi connectivity index (χ2n) is 9.06. The molecule has 1 saturated carbocycles. The van der Waals surface area contributed by atoms with Crippen molar-refractivity contribution in [2.24, 2.45) is 5.14 Å². The lowest BCUT2D eigenvalue weighted by atomic mass is 10.0. The van der Waals surface area contributed by atoms with Gasteiger partial charge in [-0.3, -0.25) is 4.57 Å². The van der Waals surface area contributed by atoms with Gasteiger partial charge in [0.2, 0.25) is 16.0 Å². The highest BCUT2D eigenvalue weighted by molar-refractivity contribution is 7.89. The number of benzene rings is 1. The molecule has 0 radical (unpaired) electrons. The molecule has 1 aliphatic rings. The smallest absolute Gasteiger partial charge is 0.317 e. The van der Waals surface area contributed by atoms with Crippen LogP contribution >= 0.6 is 0 Å². The summed E-state index contributed by atoms with van der Waals surface area (Å²) in [5.74, 6) is -0.334. The predicted molar refractivity (Wildman–Crippen MR) is 119 cm³/mol. The maximum atomic E-state index is 14.2. The minimum absolute atomic E-state index is 0.0181. The van der Waals surface area contributed by atoms with Crippen LogP contribution in [0.25, 0.3) is 0 Å². The van der Waals surface area contributed by atoms with Crippen LogP contribution in [0.4, 0.5) is 16.0 Å². The van der Waals surface area contributed by atoms with Crippen molar-refractivity contribution in [2.45, 2.75) is 62.5 Å². The monoisotopic (exact) mass is 475 g/mol. The van der Waals surface area contributed by atoms with Crippen molar-refractivity contribution in [3.63, 3.8) is 0 Å². The van der Waals surface area contributed by atoms with E-state index in [1.165, 1.54) is 12.1 Å². The van der Waals surface area contributed by atoms with Gasteiger partial charge >= 0.3 is 6.01 Å². The molecule has 0 saturated heterocycles. The average Bonchev–Trinajstić information content (AvgIpc) is 3.39. The average molecular weight is 476 g/mol. The highest BCUT2D eigenvalue weighted by Gasteiger charge is 2.30. The van der Waals surface area contributed by atoms with Gasteiger partial charge in [0.15, 0.2) is 0 Å². The van der Waals surface area contributed by atoms with Crippen molar-refractivity contribution >= 4 is 21.7 Å². The summed E-state index contributed by atoms with van der Waals surface area (Å²) < 4.78 is 44.9. The minimum atomic E-state index is -3.98. The van der Waals surface area contributed by atoms with Gasteiger partial charge in [-0.15, -0.1) is 5.10 Å². The third-order valence-corrected chi connectivity index (χ3v) is 6.47. The number of nitrogens with zero attached hydrogens (tertiary/aromatic N) is 5. The summed E-state index contributed by atoms with van der Waals surface area (Å²) in [5, 5.41) is 15.9. The lowest BCUT2D eigenvalue weighted by Crippen LogP contribution is -2.24. The third kappa shape index (κ3) is 5.28. The normalized spacial score (nSPS) is 18.9. The topological polar surface area (TPSA) is 138 Å². The Hall–Kier alpha value is -3.12. The number of aromatic nitrogens is 5. The molecule has 176 valence electrons. The fourth-order valence-electron chi connectivity index (χ4n) is 3.77. The Morgan fingerprint density at radius 2 is 1.94 bits per heavy atom. The van der Waals surface area contributed by atoms with Crippen molar-refractivity contribution in [1.82, 2.24) is 24.7 Å². The van der Waals surface area contributed by atoms with Gasteiger partial charge in [-0.05, 0) is 69.7 Å². The minimum Gasteiger partial charge on any atom is -0.460 e. The first kappa shape index (κ1) is 23.1. The molecule has 1 fully saturated rings. The zero-order valence-electron chi connectivity index (χ0n) is 18.6. The van der Waals surface area contributed by atoms with Gasteiger partial charge in [0, 0.05) is 17.9 Å². The number of nitrogens with one attached hydrogen (secondary N) is 1. The van der Waals surface area contributed by atoms with Crippen LogP contribution in [0.1, 0.15) is 51.5 Å². The van der Waals surface area contributed by atoms with Crippen LogP contribution in [0.2, 0.25) is 0 Å². The summed E-state index contributed by atoms with van der Waals surface area (Å²) in [5.41, 5.74) is 0.840. The van der Waals surface area contributed by atoms with Crippen molar-refractivity contribution in [2.75, 3.05) is 5.32 Å². The fourth-order valence-corrected chi connectivity index (χ4v) is 4.30. The summed E-state index contributed by atoms with van der Waals surface area (Å²) in [6, 6.07) is 3.86. The Labute approximate surface area is 191 Å². The first-order valence-corrected chi connectivity index (χ1v) is 12.0. The Morgan fingerprint density at radius 3 is 2.58 bits per heavy atom. The number of hydrogen-bond donors (Lipinski definition) is 2. The number of anilines is 2. The van der Waals surface area contributed by atoms with E-state index in [1.54, 1.807) is 18.7 Å². The standard InChI is InChI=1S/C21H26FN7O3S/c1-21(2,3)29-12-26-28-20(29)32-15-5-4-13(8-15)14-10-24-19(25-11-14)27-18-7-6-16(9-17(18)22)33(23,30)31/h6-7,9-13,15H,4-5,8H2,1-3H3,(H2,23,30,31)(H,24,25,27)/t13-,15+/m0/s1. The van der Waals surface area contributed by atoms with Crippen LogP contribution in [-0.2, 0) is 15.6 Å². The highest BCUT2D eigenvalue weighted by atomic mass is 32.2. The zero-order valence-corrected chi connectivity index (χ0v) is 19.4. The summed E-state index contributed by atoms with van der Waals surface area (Å²) in [7, 11) is -3.98. The Morgan fingerprint density at radius 1 is 1.21 bits per heavy atom. The van der Waals surface area contributed by atoms with Gasteiger partial charge in [-0.2, -0.15) is 0 Å². The Balaban J connectivity index is 1.39. The number of rotatable bonds is 6. The molecule has 10 nitrogen and oxygen atoms in total. The van der Waals surface area contributed by atoms with Crippen LogP contribution in [0.15, 0.2) is 41.8 Å². The largest absolute Gasteiger partial charge is 0.460 e. The molecule has 3 N–H and O–H groups in total. The second kappa shape index (κ2) is 8.67. The molecule has 33 heavy (non-hydrogen) atoms. The van der Waals surface area contributed by atoms with Gasteiger partial charge < -0.3 is 10.1 Å². The predicted octanol–water partition coefficient (Wildman–Crippen LogP) is 3.07. The highest BCUT2D eigenvalue weighted by Crippen LogP contribution is 2.36. The number of primary sulfonamides is 1. The van der Waals surface area contributed by atoms with E-state index in [1.807, 2.05) is 4.57 Å². The van der Waals surface area contributed by atoms with Crippen LogP contribution in [0.5, 0.6) is 6.01 Å². The molecule has 4 rings (SSSR count). The fraction of sp³-hybridized carbons (Fsp3) is 0.429. The van der Waals surface area contributed by atoms with Crippen LogP contribution in [0, 0.1) is 5.82 Å². The lowest BCUT2D eigenvalue weighted by molar-refractivity contribution is 0.168. The lowest BCUT2D eigenvalue weighted by Gasteiger charge is -2.23. The maximum absolute atomic E-state index is 14.2. The van der Waals surface area contributed by atoms with Gasteiger partial charge in [0.05, 0.1) is 10.6 Å². The molecule has 2 aromatic heterocycles. The number of sulfonamides is 1. The third-order valence-electron chi connectivity index (χ3n) is 5.55. The first-order valence-electron chi connectivity index (χ1n) is 10.5. The molecule has 1 aliphatic carbocycles. The van der Waals surface area contributed by atoms with Crippen molar-refractivity contribution in [3.05, 3.63) is 48.3 Å². The van der Waals surface area contributed by atoms with Crippen LogP contribution < -0.4 is 15.2 Å². The molecule has 3 aromatic rings. The molecule has 0 unspecified atom stereocenters. The van der Waals surface area contributed by atoms with E-state index in [9.17, 15) is 12.8 Å². The van der Waals surface area contributed by atoms with Crippen molar-refractivity contribution in [1.29, 1.82) is 0 Å². The van der Waals surface area contributed by atoms with E-state index < -0.39 is 15.8 Å². The van der Waals surface area contributed by atoms with Crippen LogP contribution in [0.3, 0.4) is 0 Å². The number of halogens is 1. The molecule has 2 heterocycles. The van der Waals surface area contributed by atoms with Crippen LogP contribution in [-0.4, -0.2) is 39.3 Å². The van der Waals surface area contributed by atoms with E-state index in [0.717, 1.165) is 30.9 Å². The molecule has 2 atom stereocenters. The number of nitrogens with two attached hydrogens (primary N) is 1. The SMILES string of the molecule is CC(C)(C)n1cnnc1O[C@@H]1CC[C@H](c2cnc(Nc3ccc(S(N)(=O)=O)cc3F)nc2)C1. The van der Waals surface area contributed by atoms with E-state index in [-0.39, 0.29) is 34.1 Å². The van der Waals surface area contributed by atoms with E-state index in [0.29, 0.717) is 6.01 Å². The summed E-state index contributed by atoms with van der Waals surface area (Å²) in [6.07, 6.45) is 7.71. The first-order chi connectivity index (χ1) is 15.5. The van der Waals surface area contributed by atoms with Crippen molar-refractivity contribution < 1.29 is 17.5 Å². The van der Waals surface area contributed by atoms with Gasteiger partial charge in [-0.1, -0.05) is 5.10 Å². The van der Waals surface area contributed by atoms with Crippen molar-refractivity contribution in [3.8, 4) is 6.01 Å². The maximum Gasteiger partial charge on any atom is 0.317 e. The Kier molecular flexibility index (Phi) is 6.06. The summed E-state index contributed by atoms with van der Waals surface area (Å²) in [4.78, 5) is 8.25.